The van der Waals surface area contributed by atoms with Crippen LogP contribution in [0, 0.1) is 0 Å². The summed E-state index contributed by atoms with van der Waals surface area (Å²) in [6, 6.07) is 7.67. The van der Waals surface area contributed by atoms with Gasteiger partial charge in [-0.3, -0.25) is 4.90 Å². The van der Waals surface area contributed by atoms with E-state index in [1.807, 2.05) is 7.05 Å². The van der Waals surface area contributed by atoms with Crippen LogP contribution in [0.3, 0.4) is 0 Å². The van der Waals surface area contributed by atoms with Crippen molar-refractivity contribution in [1.29, 1.82) is 0 Å². The van der Waals surface area contributed by atoms with Gasteiger partial charge in [-0.1, -0.05) is 0 Å². The number of hydrogen-bond donors (Lipinski definition) is 1. The van der Waals surface area contributed by atoms with Gasteiger partial charge in [-0.15, -0.1) is 0 Å². The molecule has 0 atom stereocenters. The Labute approximate surface area is 120 Å². The van der Waals surface area contributed by atoms with Gasteiger partial charge in [0.15, 0.2) is 0 Å². The smallest absolute Gasteiger partial charge is 0.243 e. The van der Waals surface area contributed by atoms with Crippen LogP contribution < -0.4 is 5.32 Å². The predicted molar refractivity (Wildman–Crippen MR) is 79.3 cm³/mol. The van der Waals surface area contributed by atoms with Crippen LogP contribution in [0.5, 0.6) is 0 Å². The lowest BCUT2D eigenvalue weighted by Crippen LogP contribution is -2.49. The van der Waals surface area contributed by atoms with Crippen molar-refractivity contribution < 1.29 is 8.42 Å². The number of hydrogen-bond acceptors (Lipinski definition) is 4. The average molecular weight is 295 g/mol. The van der Waals surface area contributed by atoms with E-state index in [0.29, 0.717) is 18.0 Å². The number of anilines is 1. The van der Waals surface area contributed by atoms with Crippen LogP contribution in [-0.2, 0) is 10.0 Å². The zero-order chi connectivity index (χ0) is 14.2. The SMILES string of the molecule is CNc1ccc(S(=O)(=O)N2CCN(C3CC3)CC2)cc1. The Balaban J connectivity index is 1.71. The summed E-state index contributed by atoms with van der Waals surface area (Å²) in [4.78, 5) is 2.80. The minimum Gasteiger partial charge on any atom is -0.388 e. The second-order valence-corrected chi connectivity index (χ2v) is 7.38. The number of nitrogens with zero attached hydrogens (tertiary/aromatic N) is 2. The zero-order valence-electron chi connectivity index (χ0n) is 11.7. The molecule has 0 bridgehead atoms. The summed E-state index contributed by atoms with van der Waals surface area (Å²) in [5, 5.41) is 3.00. The molecule has 3 rings (SSSR count). The highest BCUT2D eigenvalue weighted by Crippen LogP contribution is 2.28. The first-order valence-corrected chi connectivity index (χ1v) is 8.57. The van der Waals surface area contributed by atoms with Gasteiger partial charge < -0.3 is 5.32 Å². The monoisotopic (exact) mass is 295 g/mol. The standard InChI is InChI=1S/C14H21N3O2S/c1-15-12-2-6-14(7-3-12)20(18,19)17-10-8-16(9-11-17)13-4-5-13/h2-3,6-7,13,15H,4-5,8-11H2,1H3. The Morgan fingerprint density at radius 3 is 2.15 bits per heavy atom. The van der Waals surface area contributed by atoms with E-state index in [2.05, 4.69) is 10.2 Å². The van der Waals surface area contributed by atoms with Crippen molar-refractivity contribution in [2.45, 2.75) is 23.8 Å². The molecule has 1 saturated carbocycles. The van der Waals surface area contributed by atoms with Crippen molar-refractivity contribution in [3.63, 3.8) is 0 Å². The summed E-state index contributed by atoms with van der Waals surface area (Å²) in [6.07, 6.45) is 2.55. The number of piperazine rings is 1. The van der Waals surface area contributed by atoms with Crippen molar-refractivity contribution in [2.24, 2.45) is 0 Å². The van der Waals surface area contributed by atoms with Gasteiger partial charge in [0.25, 0.3) is 0 Å². The molecule has 2 aliphatic rings. The molecule has 1 aromatic rings. The van der Waals surface area contributed by atoms with Crippen LogP contribution in [0.15, 0.2) is 29.2 Å². The number of nitrogens with one attached hydrogen (secondary N) is 1. The quantitative estimate of drug-likeness (QED) is 0.907. The molecule has 1 aromatic carbocycles. The van der Waals surface area contributed by atoms with E-state index in [0.717, 1.165) is 24.8 Å². The van der Waals surface area contributed by atoms with Gasteiger partial charge in [-0.2, -0.15) is 4.31 Å². The van der Waals surface area contributed by atoms with E-state index < -0.39 is 10.0 Å². The maximum atomic E-state index is 12.6. The lowest BCUT2D eigenvalue weighted by atomic mass is 10.3. The van der Waals surface area contributed by atoms with Crippen molar-refractivity contribution in [3.8, 4) is 0 Å². The van der Waals surface area contributed by atoms with Crippen LogP contribution in [-0.4, -0.2) is 56.9 Å². The molecule has 0 aromatic heterocycles. The van der Waals surface area contributed by atoms with Gasteiger partial charge >= 0.3 is 0 Å². The average Bonchev–Trinajstić information content (AvgIpc) is 3.32. The third kappa shape index (κ3) is 2.68. The second-order valence-electron chi connectivity index (χ2n) is 5.45. The molecule has 1 aliphatic heterocycles. The Kier molecular flexibility index (Phi) is 3.70. The largest absolute Gasteiger partial charge is 0.388 e. The molecule has 20 heavy (non-hydrogen) atoms. The Hall–Kier alpha value is -1.11. The molecule has 1 saturated heterocycles. The summed E-state index contributed by atoms with van der Waals surface area (Å²) >= 11 is 0. The minimum atomic E-state index is -3.34. The van der Waals surface area contributed by atoms with E-state index >= 15 is 0 Å². The molecule has 2 fully saturated rings. The van der Waals surface area contributed by atoms with E-state index in [9.17, 15) is 8.42 Å². The molecule has 1 heterocycles. The highest BCUT2D eigenvalue weighted by atomic mass is 32.2. The second kappa shape index (κ2) is 5.35. The van der Waals surface area contributed by atoms with Gasteiger partial charge in [-0.05, 0) is 37.1 Å². The number of benzene rings is 1. The highest BCUT2D eigenvalue weighted by Gasteiger charge is 2.34. The number of sulfonamides is 1. The summed E-state index contributed by atoms with van der Waals surface area (Å²) in [5.41, 5.74) is 0.919. The fraction of sp³-hybridized carbons (Fsp3) is 0.571. The fourth-order valence-electron chi connectivity index (χ4n) is 2.69. The Bertz CT molecular complexity index is 559. The summed E-state index contributed by atoms with van der Waals surface area (Å²) in [6.45, 7) is 2.93. The van der Waals surface area contributed by atoms with E-state index in [-0.39, 0.29) is 0 Å². The van der Waals surface area contributed by atoms with Crippen LogP contribution in [0.2, 0.25) is 0 Å². The van der Waals surface area contributed by atoms with Gasteiger partial charge in [-0.25, -0.2) is 8.42 Å². The molecule has 6 heteroatoms. The van der Waals surface area contributed by atoms with Crippen molar-refractivity contribution in [3.05, 3.63) is 24.3 Å². The van der Waals surface area contributed by atoms with Crippen molar-refractivity contribution in [1.82, 2.24) is 9.21 Å². The molecule has 0 radical (unpaired) electrons. The topological polar surface area (TPSA) is 52.7 Å². The van der Waals surface area contributed by atoms with E-state index in [1.165, 1.54) is 12.8 Å². The summed E-state index contributed by atoms with van der Waals surface area (Å²) in [5.74, 6) is 0. The van der Waals surface area contributed by atoms with Gasteiger partial charge in [0.05, 0.1) is 4.90 Å². The first kappa shape index (κ1) is 13.9. The van der Waals surface area contributed by atoms with Gasteiger partial charge in [0, 0.05) is 45.0 Å². The van der Waals surface area contributed by atoms with Gasteiger partial charge in [0.1, 0.15) is 0 Å². The van der Waals surface area contributed by atoms with Crippen LogP contribution in [0.1, 0.15) is 12.8 Å². The zero-order valence-corrected chi connectivity index (χ0v) is 12.6. The minimum absolute atomic E-state index is 0.386. The highest BCUT2D eigenvalue weighted by molar-refractivity contribution is 7.89. The molecule has 0 unspecified atom stereocenters. The summed E-state index contributed by atoms with van der Waals surface area (Å²) < 4.78 is 26.7. The maximum absolute atomic E-state index is 12.6. The van der Waals surface area contributed by atoms with Crippen LogP contribution in [0.4, 0.5) is 5.69 Å². The molecule has 0 amide bonds. The fourth-order valence-corrected chi connectivity index (χ4v) is 4.11. The van der Waals surface area contributed by atoms with Crippen LogP contribution >= 0.6 is 0 Å². The third-order valence-electron chi connectivity index (χ3n) is 4.12. The van der Waals surface area contributed by atoms with Crippen molar-refractivity contribution >= 4 is 15.7 Å². The molecule has 5 nitrogen and oxygen atoms in total. The maximum Gasteiger partial charge on any atom is 0.243 e. The lowest BCUT2D eigenvalue weighted by Gasteiger charge is -2.34. The Morgan fingerprint density at radius 2 is 1.65 bits per heavy atom. The van der Waals surface area contributed by atoms with Crippen molar-refractivity contribution in [2.75, 3.05) is 38.5 Å². The molecule has 1 aliphatic carbocycles. The summed E-state index contributed by atoms with van der Waals surface area (Å²) in [7, 11) is -1.52. The van der Waals surface area contributed by atoms with E-state index in [1.54, 1.807) is 28.6 Å². The normalized spacial score (nSPS) is 21.9. The molecule has 0 spiro atoms. The first-order chi connectivity index (χ1) is 9.61. The predicted octanol–water partition coefficient (Wildman–Crippen LogP) is 1.20. The van der Waals surface area contributed by atoms with Crippen LogP contribution in [0.25, 0.3) is 0 Å². The Morgan fingerprint density at radius 1 is 1.05 bits per heavy atom. The molecule has 1 N–H and O–H groups in total. The number of rotatable bonds is 4. The van der Waals surface area contributed by atoms with E-state index in [4.69, 9.17) is 0 Å². The third-order valence-corrected chi connectivity index (χ3v) is 6.03. The molecular formula is C14H21N3O2S. The first-order valence-electron chi connectivity index (χ1n) is 7.13. The molecular weight excluding hydrogens is 274 g/mol. The van der Waals surface area contributed by atoms with Gasteiger partial charge in [0.2, 0.25) is 10.0 Å². The lowest BCUT2D eigenvalue weighted by molar-refractivity contribution is 0.180. The molecule has 110 valence electrons.